The third kappa shape index (κ3) is 4.33. The van der Waals surface area contributed by atoms with E-state index in [0.717, 1.165) is 27.9 Å². The summed E-state index contributed by atoms with van der Waals surface area (Å²) in [5.41, 5.74) is 5.99. The van der Waals surface area contributed by atoms with E-state index in [1.165, 1.54) is 12.1 Å². The van der Waals surface area contributed by atoms with Gasteiger partial charge in [0, 0.05) is 23.0 Å². The van der Waals surface area contributed by atoms with Gasteiger partial charge >= 0.3 is 10.2 Å². The number of nitrogens with two attached hydrogens (primary N) is 1. The van der Waals surface area contributed by atoms with Crippen LogP contribution in [0.3, 0.4) is 0 Å². The summed E-state index contributed by atoms with van der Waals surface area (Å²) in [5, 5.41) is 3.54. The van der Waals surface area contributed by atoms with Crippen molar-refractivity contribution in [1.29, 1.82) is 0 Å². The van der Waals surface area contributed by atoms with Crippen LogP contribution in [-0.2, 0) is 19.8 Å². The molecular formula is C23H27Cl3N4O4S. The van der Waals surface area contributed by atoms with Crippen molar-refractivity contribution in [2.75, 3.05) is 23.9 Å². The summed E-state index contributed by atoms with van der Waals surface area (Å²) in [6, 6.07) is 2.75. The first-order valence-electron chi connectivity index (χ1n) is 11.6. The summed E-state index contributed by atoms with van der Waals surface area (Å²) in [6.45, 7) is 3.60. The summed E-state index contributed by atoms with van der Waals surface area (Å²) in [4.78, 5) is 25.3. The van der Waals surface area contributed by atoms with Crippen molar-refractivity contribution in [1.82, 2.24) is 9.62 Å². The van der Waals surface area contributed by atoms with E-state index in [-0.39, 0.29) is 70.1 Å². The molecule has 0 radical (unpaired) electrons. The Kier molecular flexibility index (Phi) is 6.32. The molecule has 0 aromatic heterocycles. The summed E-state index contributed by atoms with van der Waals surface area (Å²) >= 11 is 18.6. The number of anilines is 1. The van der Waals surface area contributed by atoms with Crippen LogP contribution in [0.1, 0.15) is 32.1 Å². The molecule has 1 aromatic rings. The van der Waals surface area contributed by atoms with Gasteiger partial charge in [-0.05, 0) is 67.6 Å². The molecule has 1 aliphatic heterocycles. The van der Waals surface area contributed by atoms with Crippen molar-refractivity contribution in [3.05, 3.63) is 39.4 Å². The van der Waals surface area contributed by atoms with Crippen molar-refractivity contribution in [2.24, 2.45) is 28.9 Å². The van der Waals surface area contributed by atoms with E-state index < -0.39 is 15.6 Å². The molecule has 5 fully saturated rings. The van der Waals surface area contributed by atoms with Gasteiger partial charge in [-0.15, -0.1) is 0 Å². The standard InChI is InChI=1S/C23H27Cl3N4O4S/c1-12-9-29(35(33,34)30(10-12)21-17(25)4-16(24)5-18(21)26)11-19(31)28-20-14-2-13-3-15(20)8-23(6-13,7-14)22(27)32/h4-5,13-15,20H,1-3,6-11H2,(H2,27,32)(H,28,31)/t13?,14?,15?,20-,23-. The number of rotatable bonds is 5. The van der Waals surface area contributed by atoms with E-state index >= 15 is 0 Å². The molecule has 1 aromatic carbocycles. The molecule has 2 atom stereocenters. The van der Waals surface area contributed by atoms with Crippen LogP contribution in [0.2, 0.25) is 15.1 Å². The fourth-order valence-corrected chi connectivity index (χ4v) is 9.66. The SMILES string of the molecule is C=C1CN(CC(=O)N[C@H]2C3CC4CC2C[C@](C(N)=O)(C4)C3)S(=O)(=O)N(c2c(Cl)cc(Cl)cc2Cl)C1. The molecule has 4 saturated carbocycles. The summed E-state index contributed by atoms with van der Waals surface area (Å²) in [6.07, 6.45) is 4.12. The number of halogens is 3. The first-order valence-corrected chi connectivity index (χ1v) is 14.1. The molecule has 190 valence electrons. The molecule has 0 spiro atoms. The van der Waals surface area contributed by atoms with Crippen LogP contribution in [0, 0.1) is 23.2 Å². The lowest BCUT2D eigenvalue weighted by molar-refractivity contribution is -0.147. The molecule has 3 N–H and O–H groups in total. The Balaban J connectivity index is 1.33. The third-order valence-corrected chi connectivity index (χ3v) is 10.6. The fourth-order valence-electron chi connectivity index (χ4n) is 6.86. The number of carbonyl (C=O) groups excluding carboxylic acids is 2. The summed E-state index contributed by atoms with van der Waals surface area (Å²) in [5.74, 6) is 0.185. The van der Waals surface area contributed by atoms with Crippen LogP contribution in [0.5, 0.6) is 0 Å². The van der Waals surface area contributed by atoms with E-state index in [0.29, 0.717) is 24.3 Å². The second-order valence-corrected chi connectivity index (χ2v) is 13.6. The normalized spacial score (nSPS) is 33.7. The zero-order chi connectivity index (χ0) is 25.3. The summed E-state index contributed by atoms with van der Waals surface area (Å²) < 4.78 is 29.1. The van der Waals surface area contributed by atoms with Gasteiger partial charge in [0.05, 0.1) is 28.8 Å². The Labute approximate surface area is 219 Å². The maximum atomic E-state index is 13.5. The lowest BCUT2D eigenvalue weighted by atomic mass is 9.47. The number of amides is 2. The van der Waals surface area contributed by atoms with Gasteiger partial charge in [-0.25, -0.2) is 0 Å². The molecule has 4 bridgehead atoms. The first-order chi connectivity index (χ1) is 16.4. The molecule has 5 aliphatic rings. The van der Waals surface area contributed by atoms with Gasteiger partial charge < -0.3 is 11.1 Å². The first kappa shape index (κ1) is 25.1. The highest BCUT2D eigenvalue weighted by Gasteiger charge is 2.58. The highest BCUT2D eigenvalue weighted by Crippen LogP contribution is 2.59. The number of hydrogen-bond donors (Lipinski definition) is 2. The number of hydrogen-bond acceptors (Lipinski definition) is 4. The smallest absolute Gasteiger partial charge is 0.305 e. The zero-order valence-corrected chi connectivity index (χ0v) is 22.1. The molecule has 8 nitrogen and oxygen atoms in total. The second-order valence-electron chi connectivity index (χ2n) is 10.5. The minimum absolute atomic E-state index is 0.00904. The predicted molar refractivity (Wildman–Crippen MR) is 136 cm³/mol. The Morgan fingerprint density at radius 2 is 1.69 bits per heavy atom. The van der Waals surface area contributed by atoms with E-state index in [2.05, 4.69) is 11.9 Å². The van der Waals surface area contributed by atoms with Gasteiger partial charge in [0.1, 0.15) is 0 Å². The van der Waals surface area contributed by atoms with Gasteiger partial charge in [0.15, 0.2) is 0 Å². The Morgan fingerprint density at radius 1 is 1.09 bits per heavy atom. The highest BCUT2D eigenvalue weighted by atomic mass is 35.5. The quantitative estimate of drug-likeness (QED) is 0.537. The van der Waals surface area contributed by atoms with Crippen LogP contribution >= 0.6 is 34.8 Å². The minimum Gasteiger partial charge on any atom is -0.369 e. The number of nitrogens with one attached hydrogen (secondary N) is 1. The number of benzene rings is 1. The number of carbonyl (C=O) groups is 2. The van der Waals surface area contributed by atoms with Crippen molar-refractivity contribution in [3.63, 3.8) is 0 Å². The van der Waals surface area contributed by atoms with E-state index in [1.807, 2.05) is 0 Å². The fraction of sp³-hybridized carbons (Fsp3) is 0.565. The molecule has 2 amide bonds. The molecule has 35 heavy (non-hydrogen) atoms. The zero-order valence-electron chi connectivity index (χ0n) is 19.0. The Bertz CT molecular complexity index is 1180. The van der Waals surface area contributed by atoms with Crippen molar-refractivity contribution >= 4 is 62.5 Å². The largest absolute Gasteiger partial charge is 0.369 e. The van der Waals surface area contributed by atoms with Crippen LogP contribution in [-0.4, -0.2) is 50.2 Å². The minimum atomic E-state index is -4.11. The lowest BCUT2D eigenvalue weighted by Crippen LogP contribution is -2.63. The molecule has 2 unspecified atom stereocenters. The van der Waals surface area contributed by atoms with E-state index in [4.69, 9.17) is 40.5 Å². The van der Waals surface area contributed by atoms with Gasteiger partial charge in [-0.3, -0.25) is 13.9 Å². The molecular weight excluding hydrogens is 535 g/mol. The molecule has 4 aliphatic carbocycles. The average Bonchev–Trinajstić information content (AvgIpc) is 2.73. The Morgan fingerprint density at radius 3 is 2.26 bits per heavy atom. The Hall–Kier alpha value is -1.52. The van der Waals surface area contributed by atoms with Crippen molar-refractivity contribution < 1.29 is 18.0 Å². The number of nitrogens with zero attached hydrogens (tertiary/aromatic N) is 2. The summed E-state index contributed by atoms with van der Waals surface area (Å²) in [7, 11) is -4.11. The second kappa shape index (κ2) is 8.80. The number of primary amides is 1. The maximum Gasteiger partial charge on any atom is 0.305 e. The van der Waals surface area contributed by atoms with E-state index in [1.54, 1.807) is 0 Å². The van der Waals surface area contributed by atoms with Gasteiger partial charge in [-0.1, -0.05) is 41.4 Å². The van der Waals surface area contributed by atoms with Gasteiger partial charge in [-0.2, -0.15) is 12.7 Å². The topological polar surface area (TPSA) is 113 Å². The van der Waals surface area contributed by atoms with Crippen molar-refractivity contribution in [2.45, 2.75) is 38.1 Å². The van der Waals surface area contributed by atoms with Crippen LogP contribution < -0.4 is 15.4 Å². The van der Waals surface area contributed by atoms with Crippen LogP contribution in [0.15, 0.2) is 24.3 Å². The maximum absolute atomic E-state index is 13.5. The van der Waals surface area contributed by atoms with Crippen LogP contribution in [0.25, 0.3) is 0 Å². The predicted octanol–water partition coefficient (Wildman–Crippen LogP) is 3.37. The molecule has 1 heterocycles. The van der Waals surface area contributed by atoms with Gasteiger partial charge in [0.25, 0.3) is 0 Å². The van der Waals surface area contributed by atoms with Crippen LogP contribution in [0.4, 0.5) is 5.69 Å². The molecule has 1 saturated heterocycles. The monoisotopic (exact) mass is 560 g/mol. The van der Waals surface area contributed by atoms with Crippen molar-refractivity contribution in [3.8, 4) is 0 Å². The molecule has 6 rings (SSSR count). The average molecular weight is 562 g/mol. The van der Waals surface area contributed by atoms with E-state index in [9.17, 15) is 18.0 Å². The lowest BCUT2D eigenvalue weighted by Gasteiger charge is -2.58. The van der Waals surface area contributed by atoms with Gasteiger partial charge in [0.2, 0.25) is 11.8 Å². The highest BCUT2D eigenvalue weighted by molar-refractivity contribution is 7.90. The molecule has 12 heteroatoms. The third-order valence-electron chi connectivity index (χ3n) is 8.05.